The number of benzene rings is 1. The Kier molecular flexibility index (Phi) is 6.68. The van der Waals surface area contributed by atoms with Gasteiger partial charge in [-0.25, -0.2) is 4.79 Å². The quantitative estimate of drug-likeness (QED) is 0.845. The second kappa shape index (κ2) is 8.76. The third kappa shape index (κ3) is 4.71. The van der Waals surface area contributed by atoms with Crippen LogP contribution < -0.4 is 5.32 Å². The van der Waals surface area contributed by atoms with Gasteiger partial charge in [-0.15, -0.1) is 0 Å². The van der Waals surface area contributed by atoms with E-state index in [0.29, 0.717) is 13.0 Å². The molecule has 5 nitrogen and oxygen atoms in total. The summed E-state index contributed by atoms with van der Waals surface area (Å²) >= 11 is 0. The summed E-state index contributed by atoms with van der Waals surface area (Å²) in [4.78, 5) is 14.1. The Hall–Kier alpha value is -1.59. The van der Waals surface area contributed by atoms with Crippen LogP contribution in [0.1, 0.15) is 30.7 Å². The first-order chi connectivity index (χ1) is 10.7. The minimum Gasteiger partial charge on any atom is -0.396 e. The molecule has 1 aromatic carbocycles. The van der Waals surface area contributed by atoms with Crippen molar-refractivity contribution in [2.75, 3.05) is 33.4 Å². The summed E-state index contributed by atoms with van der Waals surface area (Å²) in [6.07, 6.45) is 2.71. The molecule has 1 aliphatic rings. The van der Waals surface area contributed by atoms with Crippen molar-refractivity contribution in [2.24, 2.45) is 0 Å². The maximum atomic E-state index is 12.2. The number of piperidine rings is 1. The van der Waals surface area contributed by atoms with Crippen LogP contribution in [0.4, 0.5) is 4.79 Å². The topological polar surface area (TPSA) is 61.8 Å². The van der Waals surface area contributed by atoms with E-state index in [9.17, 15) is 9.90 Å². The maximum Gasteiger partial charge on any atom is 0.317 e. The number of hydrogen-bond acceptors (Lipinski definition) is 3. The lowest BCUT2D eigenvalue weighted by Gasteiger charge is -2.31. The lowest BCUT2D eigenvalue weighted by atomic mass is 9.96. The molecule has 2 rings (SSSR count). The summed E-state index contributed by atoms with van der Waals surface area (Å²) in [5.41, 5.74) is 1.15. The van der Waals surface area contributed by atoms with Crippen molar-refractivity contribution >= 4 is 6.03 Å². The minimum atomic E-state index is -0.0200. The predicted molar refractivity (Wildman–Crippen MR) is 85.9 cm³/mol. The second-order valence-electron chi connectivity index (χ2n) is 5.73. The smallest absolute Gasteiger partial charge is 0.317 e. The number of ether oxygens (including phenoxy) is 1. The highest BCUT2D eigenvalue weighted by Crippen LogP contribution is 2.18. The van der Waals surface area contributed by atoms with Crippen LogP contribution in [0.15, 0.2) is 30.3 Å². The normalized spacial score (nSPS) is 17.3. The summed E-state index contributed by atoms with van der Waals surface area (Å²) in [6, 6.07) is 9.99. The first-order valence-corrected chi connectivity index (χ1v) is 7.96. The van der Waals surface area contributed by atoms with Gasteiger partial charge in [0.15, 0.2) is 0 Å². The van der Waals surface area contributed by atoms with Gasteiger partial charge < -0.3 is 20.1 Å². The van der Waals surface area contributed by atoms with Gasteiger partial charge in [-0.05, 0) is 24.8 Å². The third-order valence-electron chi connectivity index (χ3n) is 4.31. The summed E-state index contributed by atoms with van der Waals surface area (Å²) < 4.78 is 5.32. The zero-order valence-corrected chi connectivity index (χ0v) is 13.2. The number of nitrogens with one attached hydrogen (secondary N) is 1. The molecule has 1 saturated heterocycles. The average Bonchev–Trinajstić information content (AvgIpc) is 2.59. The van der Waals surface area contributed by atoms with Crippen LogP contribution in [0.3, 0.4) is 0 Å². The van der Waals surface area contributed by atoms with Gasteiger partial charge in [0.05, 0.1) is 6.10 Å². The zero-order chi connectivity index (χ0) is 15.8. The van der Waals surface area contributed by atoms with Gasteiger partial charge in [-0.2, -0.15) is 0 Å². The van der Waals surface area contributed by atoms with Crippen LogP contribution in [0.5, 0.6) is 0 Å². The Bertz CT molecular complexity index is 444. The van der Waals surface area contributed by atoms with Crippen LogP contribution >= 0.6 is 0 Å². The summed E-state index contributed by atoms with van der Waals surface area (Å²) in [6.45, 7) is 2.14. The van der Waals surface area contributed by atoms with Crippen molar-refractivity contribution in [1.82, 2.24) is 10.2 Å². The van der Waals surface area contributed by atoms with Gasteiger partial charge in [0.2, 0.25) is 0 Å². The first kappa shape index (κ1) is 16.8. The zero-order valence-electron chi connectivity index (χ0n) is 13.2. The van der Waals surface area contributed by atoms with Crippen molar-refractivity contribution in [2.45, 2.75) is 31.3 Å². The molecule has 0 aliphatic carbocycles. The third-order valence-corrected chi connectivity index (χ3v) is 4.31. The van der Waals surface area contributed by atoms with Crippen molar-refractivity contribution in [3.63, 3.8) is 0 Å². The van der Waals surface area contributed by atoms with Crippen LogP contribution in [0.25, 0.3) is 0 Å². The van der Waals surface area contributed by atoms with Gasteiger partial charge in [0.25, 0.3) is 0 Å². The number of carbonyl (C=O) groups excluding carboxylic acids is 1. The van der Waals surface area contributed by atoms with Crippen LogP contribution in [-0.2, 0) is 4.74 Å². The molecule has 1 fully saturated rings. The molecule has 2 N–H and O–H groups in total. The molecule has 0 radical (unpaired) electrons. The van der Waals surface area contributed by atoms with E-state index in [0.717, 1.165) is 31.5 Å². The van der Waals surface area contributed by atoms with Crippen molar-refractivity contribution in [1.29, 1.82) is 0 Å². The van der Waals surface area contributed by atoms with Gasteiger partial charge in [-0.1, -0.05) is 30.3 Å². The molecule has 0 spiro atoms. The van der Waals surface area contributed by atoms with Gasteiger partial charge in [-0.3, -0.25) is 0 Å². The van der Waals surface area contributed by atoms with Crippen molar-refractivity contribution in [3.8, 4) is 0 Å². The van der Waals surface area contributed by atoms with E-state index in [1.54, 1.807) is 7.11 Å². The SMILES string of the molecule is COC1CCN(C(=O)NCC(CCO)c2ccccc2)CC1. The number of likely N-dealkylation sites (tertiary alicyclic amines) is 1. The Morgan fingerprint density at radius 2 is 2.05 bits per heavy atom. The molecule has 2 amide bonds. The van der Waals surface area contributed by atoms with E-state index >= 15 is 0 Å². The van der Waals surface area contributed by atoms with E-state index in [1.165, 1.54) is 0 Å². The average molecular weight is 306 g/mol. The highest BCUT2D eigenvalue weighted by atomic mass is 16.5. The molecule has 1 aromatic rings. The maximum absolute atomic E-state index is 12.2. The standard InChI is InChI=1S/C17H26N2O3/c1-22-16-7-10-19(11-8-16)17(21)18-13-15(9-12-20)14-5-3-2-4-6-14/h2-6,15-16,20H,7-13H2,1H3,(H,18,21). The minimum absolute atomic E-state index is 0.0200. The molecule has 1 unspecified atom stereocenters. The molecular formula is C17H26N2O3. The van der Waals surface area contributed by atoms with Crippen molar-refractivity contribution in [3.05, 3.63) is 35.9 Å². The number of hydrogen-bond donors (Lipinski definition) is 2. The largest absolute Gasteiger partial charge is 0.396 e. The number of urea groups is 1. The Morgan fingerprint density at radius 1 is 1.36 bits per heavy atom. The van der Waals surface area contributed by atoms with Crippen LogP contribution in [0.2, 0.25) is 0 Å². The fourth-order valence-electron chi connectivity index (χ4n) is 2.88. The molecule has 1 atom stereocenters. The van der Waals surface area contributed by atoms with Crippen LogP contribution in [-0.4, -0.2) is 55.5 Å². The monoisotopic (exact) mass is 306 g/mol. The van der Waals surface area contributed by atoms with Gasteiger partial charge in [0.1, 0.15) is 0 Å². The van der Waals surface area contributed by atoms with E-state index in [4.69, 9.17) is 4.74 Å². The number of nitrogens with zero attached hydrogens (tertiary/aromatic N) is 1. The molecule has 0 saturated carbocycles. The molecule has 22 heavy (non-hydrogen) atoms. The van der Waals surface area contributed by atoms with E-state index < -0.39 is 0 Å². The molecule has 5 heteroatoms. The number of methoxy groups -OCH3 is 1. The summed E-state index contributed by atoms with van der Waals surface area (Å²) in [5.74, 6) is 0.145. The predicted octanol–water partition coefficient (Wildman–Crippen LogP) is 1.97. The van der Waals surface area contributed by atoms with Crippen molar-refractivity contribution < 1.29 is 14.6 Å². The van der Waals surface area contributed by atoms with E-state index in [-0.39, 0.29) is 24.7 Å². The summed E-state index contributed by atoms with van der Waals surface area (Å²) in [7, 11) is 1.72. The molecular weight excluding hydrogens is 280 g/mol. The molecule has 0 aromatic heterocycles. The lowest BCUT2D eigenvalue weighted by molar-refractivity contribution is 0.0503. The van der Waals surface area contributed by atoms with E-state index in [2.05, 4.69) is 5.32 Å². The fraction of sp³-hybridized carbons (Fsp3) is 0.588. The van der Waals surface area contributed by atoms with E-state index in [1.807, 2.05) is 35.2 Å². The number of carbonyl (C=O) groups is 1. The molecule has 1 heterocycles. The Morgan fingerprint density at radius 3 is 2.64 bits per heavy atom. The lowest BCUT2D eigenvalue weighted by Crippen LogP contribution is -2.46. The highest BCUT2D eigenvalue weighted by molar-refractivity contribution is 5.74. The molecule has 1 aliphatic heterocycles. The highest BCUT2D eigenvalue weighted by Gasteiger charge is 2.23. The first-order valence-electron chi connectivity index (χ1n) is 7.96. The second-order valence-corrected chi connectivity index (χ2v) is 5.73. The summed E-state index contributed by atoms with van der Waals surface area (Å²) in [5, 5.41) is 12.2. The van der Waals surface area contributed by atoms with Crippen LogP contribution in [0, 0.1) is 0 Å². The van der Waals surface area contributed by atoms with Gasteiger partial charge in [0, 0.05) is 39.3 Å². The Balaban J connectivity index is 1.83. The Labute approximate surface area is 132 Å². The van der Waals surface area contributed by atoms with Gasteiger partial charge >= 0.3 is 6.03 Å². The number of aliphatic hydroxyl groups is 1. The molecule has 0 bridgehead atoms. The number of amides is 2. The fourth-order valence-corrected chi connectivity index (χ4v) is 2.88. The number of rotatable bonds is 6. The number of aliphatic hydroxyl groups excluding tert-OH is 1. The molecule has 122 valence electrons.